The molecule has 1 aromatic heterocycles. The summed E-state index contributed by atoms with van der Waals surface area (Å²) in [5, 5.41) is 4.95. The lowest BCUT2D eigenvalue weighted by Gasteiger charge is -2.36. The molecule has 0 spiro atoms. The number of aromatic nitrogens is 2. The highest BCUT2D eigenvalue weighted by atomic mass is 35.5. The Kier molecular flexibility index (Phi) is 9.18. The van der Waals surface area contributed by atoms with Crippen LogP contribution in [0.5, 0.6) is 0 Å². The summed E-state index contributed by atoms with van der Waals surface area (Å²) in [5.74, 6) is 0.762. The Morgan fingerprint density at radius 2 is 1.75 bits per heavy atom. The van der Waals surface area contributed by atoms with Gasteiger partial charge in [-0.2, -0.15) is 0 Å². The van der Waals surface area contributed by atoms with Crippen molar-refractivity contribution >= 4 is 46.4 Å². The first-order chi connectivity index (χ1) is 17.4. The van der Waals surface area contributed by atoms with Crippen LogP contribution in [0.15, 0.2) is 42.5 Å². The number of aryl methyl sites for hydroxylation is 1. The van der Waals surface area contributed by atoms with Crippen molar-refractivity contribution in [2.75, 3.05) is 44.2 Å². The normalized spacial score (nSPS) is 14.3. The number of benzene rings is 2. The van der Waals surface area contributed by atoms with E-state index in [0.717, 1.165) is 74.9 Å². The number of halogens is 3. The van der Waals surface area contributed by atoms with Crippen molar-refractivity contribution in [1.29, 1.82) is 0 Å². The molecule has 0 atom stereocenters. The fourth-order valence-corrected chi connectivity index (χ4v) is 5.18. The van der Waals surface area contributed by atoms with Crippen molar-refractivity contribution in [1.82, 2.24) is 19.8 Å². The van der Waals surface area contributed by atoms with Gasteiger partial charge in [0.25, 0.3) is 5.91 Å². The molecule has 9 heteroatoms. The summed E-state index contributed by atoms with van der Waals surface area (Å²) < 4.78 is 2.06. The van der Waals surface area contributed by atoms with Gasteiger partial charge in [-0.15, -0.1) is 0 Å². The van der Waals surface area contributed by atoms with Gasteiger partial charge in [-0.1, -0.05) is 47.8 Å². The highest BCUT2D eigenvalue weighted by Crippen LogP contribution is 2.32. The minimum absolute atomic E-state index is 0.127. The molecule has 6 nitrogen and oxygen atoms in total. The third kappa shape index (κ3) is 6.17. The molecule has 4 rings (SSSR count). The molecule has 0 aliphatic carbocycles. The molecule has 0 saturated carbocycles. The molecule has 0 radical (unpaired) electrons. The monoisotopic (exact) mass is 547 g/mol. The Morgan fingerprint density at radius 3 is 2.44 bits per heavy atom. The zero-order valence-electron chi connectivity index (χ0n) is 20.7. The summed E-state index contributed by atoms with van der Waals surface area (Å²) in [4.78, 5) is 22.4. The van der Waals surface area contributed by atoms with Gasteiger partial charge in [0.05, 0.1) is 21.4 Å². The average molecular weight is 549 g/mol. The summed E-state index contributed by atoms with van der Waals surface area (Å²) in [6.07, 6.45) is 2.62. The van der Waals surface area contributed by atoms with E-state index in [-0.39, 0.29) is 5.91 Å². The molecule has 0 unspecified atom stereocenters. The standard InChI is InChI=1S/C27H32Cl3N5O/c1-3-6-24-32-26(19(2)35(24)21-11-9-20(28)10-12-21)27(36)31-13-5-14-33-15-17-34(18-16-33)23-8-4-7-22(29)25(23)30/h4,7-12H,3,5-6,13-18H2,1-2H3,(H,31,36). The summed E-state index contributed by atoms with van der Waals surface area (Å²) in [6.45, 7) is 9.28. The molecule has 36 heavy (non-hydrogen) atoms. The number of piperazine rings is 1. The molecule has 2 heterocycles. The van der Waals surface area contributed by atoms with Crippen LogP contribution >= 0.6 is 34.8 Å². The summed E-state index contributed by atoms with van der Waals surface area (Å²) >= 11 is 18.6. The molecule has 1 aliphatic rings. The van der Waals surface area contributed by atoms with Crippen LogP contribution in [0, 0.1) is 6.92 Å². The first-order valence-corrected chi connectivity index (χ1v) is 13.6. The minimum Gasteiger partial charge on any atom is -0.368 e. The van der Waals surface area contributed by atoms with Gasteiger partial charge in [-0.25, -0.2) is 4.98 Å². The molecule has 1 N–H and O–H groups in total. The second-order valence-electron chi connectivity index (χ2n) is 9.03. The van der Waals surface area contributed by atoms with E-state index in [4.69, 9.17) is 39.8 Å². The highest BCUT2D eigenvalue weighted by molar-refractivity contribution is 6.43. The van der Waals surface area contributed by atoms with E-state index in [2.05, 4.69) is 26.6 Å². The molecule has 1 aliphatic heterocycles. The number of carbonyl (C=O) groups is 1. The maximum atomic E-state index is 13.0. The topological polar surface area (TPSA) is 53.4 Å². The van der Waals surface area contributed by atoms with E-state index in [1.165, 1.54) is 0 Å². The zero-order chi connectivity index (χ0) is 25.7. The Bertz CT molecular complexity index is 1190. The van der Waals surface area contributed by atoms with Crippen molar-refractivity contribution in [2.24, 2.45) is 0 Å². The van der Waals surface area contributed by atoms with Crippen LogP contribution in [0.2, 0.25) is 15.1 Å². The zero-order valence-corrected chi connectivity index (χ0v) is 23.0. The molecule has 0 bridgehead atoms. The van der Waals surface area contributed by atoms with Gasteiger partial charge in [-0.05, 0) is 62.7 Å². The first kappa shape index (κ1) is 26.8. The van der Waals surface area contributed by atoms with Crippen LogP contribution in [-0.4, -0.2) is 59.6 Å². The largest absolute Gasteiger partial charge is 0.368 e. The predicted molar refractivity (Wildman–Crippen MR) is 149 cm³/mol. The number of nitrogens with zero attached hydrogens (tertiary/aromatic N) is 4. The molecule has 3 aromatic rings. The van der Waals surface area contributed by atoms with Crippen LogP contribution in [0.25, 0.3) is 5.69 Å². The Morgan fingerprint density at radius 1 is 1.03 bits per heavy atom. The molecule has 1 amide bonds. The molecule has 1 saturated heterocycles. The quantitative estimate of drug-likeness (QED) is 0.332. The number of hydrogen-bond donors (Lipinski definition) is 1. The van der Waals surface area contributed by atoms with Crippen LogP contribution in [0.3, 0.4) is 0 Å². The summed E-state index contributed by atoms with van der Waals surface area (Å²) in [6, 6.07) is 13.4. The maximum Gasteiger partial charge on any atom is 0.271 e. The Balaban J connectivity index is 1.29. The third-order valence-corrected chi connectivity index (χ3v) is 7.59. The van der Waals surface area contributed by atoms with Crippen LogP contribution in [0.4, 0.5) is 5.69 Å². The summed E-state index contributed by atoms with van der Waals surface area (Å²) in [5.41, 5.74) is 3.28. The second kappa shape index (κ2) is 12.3. The lowest BCUT2D eigenvalue weighted by molar-refractivity contribution is 0.0946. The van der Waals surface area contributed by atoms with Crippen molar-refractivity contribution < 1.29 is 4.79 Å². The average Bonchev–Trinajstić information content (AvgIpc) is 3.20. The van der Waals surface area contributed by atoms with Gasteiger partial charge in [0, 0.05) is 49.9 Å². The lowest BCUT2D eigenvalue weighted by atomic mass is 10.2. The maximum absolute atomic E-state index is 13.0. The number of hydrogen-bond acceptors (Lipinski definition) is 4. The number of anilines is 1. The minimum atomic E-state index is -0.127. The van der Waals surface area contributed by atoms with Crippen LogP contribution in [0.1, 0.15) is 41.8 Å². The Hall–Kier alpha value is -2.25. The van der Waals surface area contributed by atoms with Crippen molar-refractivity contribution in [2.45, 2.75) is 33.1 Å². The van der Waals surface area contributed by atoms with E-state index in [1.54, 1.807) is 0 Å². The number of nitrogens with one attached hydrogen (secondary N) is 1. The van der Waals surface area contributed by atoms with E-state index in [0.29, 0.717) is 27.3 Å². The molecule has 2 aromatic carbocycles. The SMILES string of the molecule is CCCc1nc(C(=O)NCCCN2CCN(c3cccc(Cl)c3Cl)CC2)c(C)n1-c1ccc(Cl)cc1. The van der Waals surface area contributed by atoms with E-state index < -0.39 is 0 Å². The van der Waals surface area contributed by atoms with Gasteiger partial charge in [-0.3, -0.25) is 9.69 Å². The molecular formula is C27H32Cl3N5O. The van der Waals surface area contributed by atoms with E-state index in [9.17, 15) is 4.79 Å². The number of carbonyl (C=O) groups excluding carboxylic acids is 1. The van der Waals surface area contributed by atoms with Gasteiger partial charge in [0.1, 0.15) is 11.5 Å². The molecule has 1 fully saturated rings. The van der Waals surface area contributed by atoms with E-state index >= 15 is 0 Å². The first-order valence-electron chi connectivity index (χ1n) is 12.4. The van der Waals surface area contributed by atoms with E-state index in [1.807, 2.05) is 49.4 Å². The smallest absolute Gasteiger partial charge is 0.271 e. The predicted octanol–water partition coefficient (Wildman–Crippen LogP) is 6.04. The van der Waals surface area contributed by atoms with Crippen molar-refractivity contribution in [3.63, 3.8) is 0 Å². The Labute approximate surface area is 228 Å². The highest BCUT2D eigenvalue weighted by Gasteiger charge is 2.21. The van der Waals surface area contributed by atoms with Crippen molar-refractivity contribution in [3.8, 4) is 5.69 Å². The molecule has 192 valence electrons. The van der Waals surface area contributed by atoms with Crippen molar-refractivity contribution in [3.05, 3.63) is 74.7 Å². The fraction of sp³-hybridized carbons (Fsp3) is 0.407. The van der Waals surface area contributed by atoms with Gasteiger partial charge < -0.3 is 14.8 Å². The van der Waals surface area contributed by atoms with Gasteiger partial charge in [0.2, 0.25) is 0 Å². The van der Waals surface area contributed by atoms with Crippen LogP contribution < -0.4 is 10.2 Å². The summed E-state index contributed by atoms with van der Waals surface area (Å²) in [7, 11) is 0. The fourth-order valence-electron chi connectivity index (χ4n) is 4.64. The lowest BCUT2D eigenvalue weighted by Crippen LogP contribution is -2.47. The van der Waals surface area contributed by atoms with Gasteiger partial charge >= 0.3 is 0 Å². The molecular weight excluding hydrogens is 517 g/mol. The van der Waals surface area contributed by atoms with Crippen LogP contribution in [-0.2, 0) is 6.42 Å². The number of amides is 1. The van der Waals surface area contributed by atoms with Gasteiger partial charge in [0.15, 0.2) is 0 Å². The second-order valence-corrected chi connectivity index (χ2v) is 10.3. The third-order valence-electron chi connectivity index (χ3n) is 6.53. The number of imidazole rings is 1. The number of rotatable bonds is 9.